The fourth-order valence-electron chi connectivity index (χ4n) is 0.548. The van der Waals surface area contributed by atoms with Crippen molar-refractivity contribution < 1.29 is 13.2 Å². The quantitative estimate of drug-likeness (QED) is 0.729. The van der Waals surface area contributed by atoms with E-state index in [9.17, 15) is 13.2 Å². The Morgan fingerprint density at radius 2 is 2.33 bits per heavy atom. The Bertz CT molecular complexity index is 367. The van der Waals surface area contributed by atoms with Gasteiger partial charge in [0, 0.05) is 11.6 Å². The molecular formula is C5H6N2O3S2. The summed E-state index contributed by atoms with van der Waals surface area (Å²) in [6.07, 6.45) is 2.35. The normalized spacial score (nSPS) is 11.1. The number of carbonyl (C=O) groups excluding carboxylic acids is 1. The van der Waals surface area contributed by atoms with Gasteiger partial charge in [0.25, 0.3) is 5.91 Å². The molecule has 1 rings (SSSR count). The van der Waals surface area contributed by atoms with Crippen LogP contribution in [-0.4, -0.2) is 25.6 Å². The Labute approximate surface area is 73.5 Å². The standard InChI is InChI=1S/C5H6N2O3S2/c1-12(9,10)7-4(8)5-6-2-3-11-5/h2-3H,1H3,(H,7,8). The van der Waals surface area contributed by atoms with Crippen molar-refractivity contribution in [3.05, 3.63) is 16.6 Å². The van der Waals surface area contributed by atoms with Gasteiger partial charge in [0.05, 0.1) is 6.26 Å². The first-order valence-corrected chi connectivity index (χ1v) is 5.68. The summed E-state index contributed by atoms with van der Waals surface area (Å²) in [6, 6.07) is 0. The number of nitrogens with zero attached hydrogens (tertiary/aromatic N) is 1. The van der Waals surface area contributed by atoms with Crippen LogP contribution >= 0.6 is 11.3 Å². The summed E-state index contributed by atoms with van der Waals surface area (Å²) in [5.41, 5.74) is 0. The van der Waals surface area contributed by atoms with Crippen molar-refractivity contribution >= 4 is 27.3 Å². The van der Waals surface area contributed by atoms with Crippen LogP contribution in [0, 0.1) is 0 Å². The lowest BCUT2D eigenvalue weighted by Crippen LogP contribution is -2.29. The Balaban J connectivity index is 2.76. The maximum atomic E-state index is 11.0. The fourth-order valence-corrected chi connectivity index (χ4v) is 1.58. The van der Waals surface area contributed by atoms with Crippen LogP contribution in [0.4, 0.5) is 0 Å². The predicted molar refractivity (Wildman–Crippen MR) is 44.4 cm³/mol. The van der Waals surface area contributed by atoms with Gasteiger partial charge in [0.2, 0.25) is 10.0 Å². The minimum Gasteiger partial charge on any atom is -0.265 e. The molecule has 0 atom stereocenters. The smallest absolute Gasteiger partial charge is 0.265 e. The van der Waals surface area contributed by atoms with Gasteiger partial charge < -0.3 is 0 Å². The average Bonchev–Trinajstić information content (AvgIpc) is 2.32. The highest BCUT2D eigenvalue weighted by Crippen LogP contribution is 2.03. The highest BCUT2D eigenvalue weighted by Gasteiger charge is 2.12. The van der Waals surface area contributed by atoms with Crippen LogP contribution in [0.2, 0.25) is 0 Å². The molecular weight excluding hydrogens is 200 g/mol. The molecule has 0 saturated carbocycles. The molecule has 1 amide bonds. The lowest BCUT2D eigenvalue weighted by molar-refractivity contribution is 0.0981. The molecule has 1 heterocycles. The molecule has 1 N–H and O–H groups in total. The van der Waals surface area contributed by atoms with Crippen LogP contribution in [0.15, 0.2) is 11.6 Å². The first kappa shape index (κ1) is 9.14. The second-order valence-electron chi connectivity index (χ2n) is 2.04. The number of hydrogen-bond acceptors (Lipinski definition) is 5. The number of carbonyl (C=O) groups is 1. The van der Waals surface area contributed by atoms with Crippen LogP contribution in [0.3, 0.4) is 0 Å². The molecule has 5 nitrogen and oxygen atoms in total. The maximum absolute atomic E-state index is 11.0. The molecule has 0 bridgehead atoms. The van der Waals surface area contributed by atoms with Gasteiger partial charge in [-0.1, -0.05) is 0 Å². The first-order valence-electron chi connectivity index (χ1n) is 2.90. The maximum Gasteiger partial charge on any atom is 0.293 e. The van der Waals surface area contributed by atoms with Gasteiger partial charge in [-0.3, -0.25) is 4.79 Å². The van der Waals surface area contributed by atoms with Gasteiger partial charge in [0.15, 0.2) is 5.01 Å². The molecule has 7 heteroatoms. The summed E-state index contributed by atoms with van der Waals surface area (Å²) in [6.45, 7) is 0. The summed E-state index contributed by atoms with van der Waals surface area (Å²) >= 11 is 1.08. The molecule has 1 aromatic heterocycles. The molecule has 12 heavy (non-hydrogen) atoms. The molecule has 0 radical (unpaired) electrons. The second kappa shape index (κ2) is 3.20. The van der Waals surface area contributed by atoms with E-state index in [2.05, 4.69) is 4.98 Å². The van der Waals surface area contributed by atoms with Gasteiger partial charge in [0.1, 0.15) is 0 Å². The van der Waals surface area contributed by atoms with E-state index >= 15 is 0 Å². The van der Waals surface area contributed by atoms with E-state index < -0.39 is 15.9 Å². The third kappa shape index (κ3) is 2.59. The number of rotatable bonds is 2. The van der Waals surface area contributed by atoms with Gasteiger partial charge in [-0.2, -0.15) is 0 Å². The van der Waals surface area contributed by atoms with E-state index in [0.717, 1.165) is 17.6 Å². The predicted octanol–water partition coefficient (Wildman–Crippen LogP) is -0.168. The molecule has 0 saturated heterocycles. The zero-order valence-corrected chi connectivity index (χ0v) is 7.78. The van der Waals surface area contributed by atoms with Crippen molar-refractivity contribution in [1.29, 1.82) is 0 Å². The average molecular weight is 206 g/mol. The molecule has 66 valence electrons. The Hall–Kier alpha value is -0.950. The third-order valence-electron chi connectivity index (χ3n) is 0.905. The Kier molecular flexibility index (Phi) is 2.43. The highest BCUT2D eigenvalue weighted by molar-refractivity contribution is 7.89. The number of hydrogen-bond donors (Lipinski definition) is 1. The highest BCUT2D eigenvalue weighted by atomic mass is 32.2. The summed E-state index contributed by atoms with van der Waals surface area (Å²) < 4.78 is 23.0. The van der Waals surface area contributed by atoms with Crippen molar-refractivity contribution in [3.63, 3.8) is 0 Å². The summed E-state index contributed by atoms with van der Waals surface area (Å²) in [5, 5.41) is 1.73. The number of thiazole rings is 1. The van der Waals surface area contributed by atoms with Crippen molar-refractivity contribution in [3.8, 4) is 0 Å². The van der Waals surface area contributed by atoms with Crippen LogP contribution < -0.4 is 4.72 Å². The first-order chi connectivity index (χ1) is 5.49. The molecule has 0 aliphatic carbocycles. The SMILES string of the molecule is CS(=O)(=O)NC(=O)c1nccs1. The molecule has 0 unspecified atom stereocenters. The van der Waals surface area contributed by atoms with Gasteiger partial charge in [-0.05, 0) is 0 Å². The van der Waals surface area contributed by atoms with Crippen molar-refractivity contribution in [1.82, 2.24) is 9.71 Å². The zero-order chi connectivity index (χ0) is 9.19. The van der Waals surface area contributed by atoms with Crippen LogP contribution in [0.5, 0.6) is 0 Å². The van der Waals surface area contributed by atoms with Gasteiger partial charge in [-0.15, -0.1) is 11.3 Å². The van der Waals surface area contributed by atoms with Crippen molar-refractivity contribution in [2.75, 3.05) is 6.26 Å². The van der Waals surface area contributed by atoms with Gasteiger partial charge >= 0.3 is 0 Å². The van der Waals surface area contributed by atoms with Gasteiger partial charge in [-0.25, -0.2) is 18.1 Å². The van der Waals surface area contributed by atoms with Crippen LogP contribution in [0.25, 0.3) is 0 Å². The van der Waals surface area contributed by atoms with E-state index in [-0.39, 0.29) is 5.01 Å². The summed E-state index contributed by atoms with van der Waals surface area (Å²) in [5.74, 6) is -0.687. The van der Waals surface area contributed by atoms with E-state index in [0.29, 0.717) is 0 Å². The van der Waals surface area contributed by atoms with Crippen molar-refractivity contribution in [2.24, 2.45) is 0 Å². The van der Waals surface area contributed by atoms with Crippen molar-refractivity contribution in [2.45, 2.75) is 0 Å². The van der Waals surface area contributed by atoms with E-state index in [4.69, 9.17) is 0 Å². The monoisotopic (exact) mass is 206 g/mol. The minimum absolute atomic E-state index is 0.139. The topological polar surface area (TPSA) is 76.1 Å². The minimum atomic E-state index is -3.48. The largest absolute Gasteiger partial charge is 0.293 e. The van der Waals surface area contributed by atoms with Crippen LogP contribution in [-0.2, 0) is 10.0 Å². The molecule has 0 aliphatic heterocycles. The molecule has 0 fully saturated rings. The zero-order valence-electron chi connectivity index (χ0n) is 6.14. The van der Waals surface area contributed by atoms with Crippen LogP contribution in [0.1, 0.15) is 9.80 Å². The number of nitrogens with one attached hydrogen (secondary N) is 1. The Morgan fingerprint density at radius 1 is 1.67 bits per heavy atom. The second-order valence-corrected chi connectivity index (χ2v) is 4.68. The Morgan fingerprint density at radius 3 is 2.75 bits per heavy atom. The number of sulfonamides is 1. The lowest BCUT2D eigenvalue weighted by Gasteiger charge is -1.97. The van der Waals surface area contributed by atoms with E-state index in [1.807, 2.05) is 0 Å². The summed E-state index contributed by atoms with van der Waals surface area (Å²) in [4.78, 5) is 14.6. The van der Waals surface area contributed by atoms with E-state index in [1.165, 1.54) is 6.20 Å². The lowest BCUT2D eigenvalue weighted by atomic mass is 10.7. The molecule has 1 aromatic rings. The molecule has 0 aliphatic rings. The molecule has 0 aromatic carbocycles. The fraction of sp³-hybridized carbons (Fsp3) is 0.200. The third-order valence-corrected chi connectivity index (χ3v) is 2.23. The summed E-state index contributed by atoms with van der Waals surface area (Å²) in [7, 11) is -3.48. The number of amides is 1. The number of aromatic nitrogens is 1. The molecule has 0 spiro atoms. The van der Waals surface area contributed by atoms with E-state index in [1.54, 1.807) is 10.1 Å².